The van der Waals surface area contributed by atoms with E-state index in [9.17, 15) is 4.79 Å². The molecule has 0 bridgehead atoms. The van der Waals surface area contributed by atoms with Crippen molar-refractivity contribution in [2.75, 3.05) is 13.1 Å². The number of benzene rings is 1. The molecule has 104 valence electrons. The molecule has 20 heavy (non-hydrogen) atoms. The van der Waals surface area contributed by atoms with Gasteiger partial charge in [-0.05, 0) is 38.1 Å². The average molecular weight is 270 g/mol. The van der Waals surface area contributed by atoms with Gasteiger partial charge in [0.1, 0.15) is 11.5 Å². The van der Waals surface area contributed by atoms with Crippen LogP contribution in [0.4, 0.5) is 0 Å². The largest absolute Gasteiger partial charge is 0.456 e. The van der Waals surface area contributed by atoms with Crippen molar-refractivity contribution in [1.82, 2.24) is 9.88 Å². The molecule has 4 heteroatoms. The molecule has 2 rings (SSSR count). The lowest BCUT2D eigenvalue weighted by molar-refractivity contribution is 0.0770. The van der Waals surface area contributed by atoms with E-state index in [1.165, 1.54) is 0 Å². The molecular weight excluding hydrogens is 252 g/mol. The van der Waals surface area contributed by atoms with Gasteiger partial charge in [-0.25, -0.2) is 0 Å². The van der Waals surface area contributed by atoms with Crippen molar-refractivity contribution < 1.29 is 9.53 Å². The van der Waals surface area contributed by atoms with Crippen molar-refractivity contribution in [3.05, 3.63) is 54.4 Å². The predicted octanol–water partition coefficient (Wildman–Crippen LogP) is 3.36. The van der Waals surface area contributed by atoms with Crippen LogP contribution in [0.3, 0.4) is 0 Å². The van der Waals surface area contributed by atoms with Gasteiger partial charge in [0.2, 0.25) is 0 Å². The van der Waals surface area contributed by atoms with Crippen LogP contribution in [-0.2, 0) is 0 Å². The number of nitrogens with zero attached hydrogens (tertiary/aromatic N) is 2. The molecule has 1 aromatic heterocycles. The van der Waals surface area contributed by atoms with Crippen molar-refractivity contribution in [2.45, 2.75) is 13.8 Å². The Hall–Kier alpha value is -2.36. The average Bonchev–Trinajstić information content (AvgIpc) is 2.50. The maximum absolute atomic E-state index is 12.5. The fraction of sp³-hybridized carbons (Fsp3) is 0.250. The Morgan fingerprint density at radius 3 is 2.40 bits per heavy atom. The van der Waals surface area contributed by atoms with E-state index in [1.807, 2.05) is 26.0 Å². The summed E-state index contributed by atoms with van der Waals surface area (Å²) in [5.74, 6) is 1.22. The highest BCUT2D eigenvalue weighted by atomic mass is 16.5. The highest BCUT2D eigenvalue weighted by Gasteiger charge is 2.17. The third-order valence-electron chi connectivity index (χ3n) is 3.05. The summed E-state index contributed by atoms with van der Waals surface area (Å²) in [4.78, 5) is 18.2. The van der Waals surface area contributed by atoms with Gasteiger partial charge in [0.25, 0.3) is 5.91 Å². The van der Waals surface area contributed by atoms with Gasteiger partial charge >= 0.3 is 0 Å². The zero-order chi connectivity index (χ0) is 14.4. The summed E-state index contributed by atoms with van der Waals surface area (Å²) in [7, 11) is 0. The molecule has 1 aromatic carbocycles. The molecule has 0 aliphatic carbocycles. The molecule has 1 amide bonds. The first kappa shape index (κ1) is 14.1. The third-order valence-corrected chi connectivity index (χ3v) is 3.05. The highest BCUT2D eigenvalue weighted by Crippen LogP contribution is 2.25. The zero-order valence-corrected chi connectivity index (χ0v) is 11.7. The van der Waals surface area contributed by atoms with E-state index in [1.54, 1.807) is 41.6 Å². The van der Waals surface area contributed by atoms with Crippen LogP contribution in [-0.4, -0.2) is 28.9 Å². The molecular formula is C16H18N2O2. The predicted molar refractivity (Wildman–Crippen MR) is 78.0 cm³/mol. The number of carbonyl (C=O) groups excluding carboxylic acids is 1. The van der Waals surface area contributed by atoms with Gasteiger partial charge in [-0.3, -0.25) is 9.78 Å². The lowest BCUT2D eigenvalue weighted by atomic mass is 10.1. The normalized spacial score (nSPS) is 10.1. The number of hydrogen-bond donors (Lipinski definition) is 0. The fourth-order valence-electron chi connectivity index (χ4n) is 1.95. The van der Waals surface area contributed by atoms with Crippen molar-refractivity contribution in [2.24, 2.45) is 0 Å². The van der Waals surface area contributed by atoms with E-state index >= 15 is 0 Å². The highest BCUT2D eigenvalue weighted by molar-refractivity contribution is 5.97. The van der Waals surface area contributed by atoms with Gasteiger partial charge in [0.05, 0.1) is 5.56 Å². The van der Waals surface area contributed by atoms with E-state index in [-0.39, 0.29) is 5.91 Å². The maximum Gasteiger partial charge on any atom is 0.257 e. The van der Waals surface area contributed by atoms with Gasteiger partial charge in [-0.15, -0.1) is 0 Å². The molecule has 1 heterocycles. The number of aromatic nitrogens is 1. The van der Waals surface area contributed by atoms with Crippen molar-refractivity contribution in [1.29, 1.82) is 0 Å². The second-order valence-electron chi connectivity index (χ2n) is 4.26. The van der Waals surface area contributed by atoms with Crippen molar-refractivity contribution in [3.63, 3.8) is 0 Å². The zero-order valence-electron chi connectivity index (χ0n) is 11.7. The first-order valence-electron chi connectivity index (χ1n) is 6.72. The fourth-order valence-corrected chi connectivity index (χ4v) is 1.95. The van der Waals surface area contributed by atoms with Crippen LogP contribution in [0.15, 0.2) is 48.8 Å². The number of hydrogen-bond acceptors (Lipinski definition) is 3. The Kier molecular flexibility index (Phi) is 4.71. The number of pyridine rings is 1. The molecule has 0 atom stereocenters. The van der Waals surface area contributed by atoms with E-state index in [0.29, 0.717) is 30.2 Å². The van der Waals surface area contributed by atoms with E-state index < -0.39 is 0 Å². The maximum atomic E-state index is 12.5. The summed E-state index contributed by atoms with van der Waals surface area (Å²) < 4.78 is 5.78. The molecule has 0 fully saturated rings. The lowest BCUT2D eigenvalue weighted by Crippen LogP contribution is -2.30. The standard InChI is InChI=1S/C16H18N2O2/c1-3-18(4-2)16(19)14-7-5-6-8-15(14)20-13-9-11-17-12-10-13/h5-12H,3-4H2,1-2H3. The Bertz CT molecular complexity index is 566. The molecule has 0 N–H and O–H groups in total. The number of ether oxygens (including phenoxy) is 1. The van der Waals surface area contributed by atoms with Crippen LogP contribution in [0.1, 0.15) is 24.2 Å². The third kappa shape index (κ3) is 3.15. The van der Waals surface area contributed by atoms with Gasteiger partial charge in [0.15, 0.2) is 0 Å². The lowest BCUT2D eigenvalue weighted by Gasteiger charge is -2.20. The van der Waals surface area contributed by atoms with Gasteiger partial charge in [0, 0.05) is 25.5 Å². The molecule has 0 saturated heterocycles. The van der Waals surface area contributed by atoms with Gasteiger partial charge in [-0.2, -0.15) is 0 Å². The first-order valence-corrected chi connectivity index (χ1v) is 6.72. The van der Waals surface area contributed by atoms with Crippen LogP contribution in [0, 0.1) is 0 Å². The van der Waals surface area contributed by atoms with E-state index in [4.69, 9.17) is 4.74 Å². The number of carbonyl (C=O) groups is 1. The Morgan fingerprint density at radius 1 is 1.10 bits per heavy atom. The molecule has 0 unspecified atom stereocenters. The SMILES string of the molecule is CCN(CC)C(=O)c1ccccc1Oc1ccncc1. The van der Waals surface area contributed by atoms with Crippen molar-refractivity contribution >= 4 is 5.91 Å². The molecule has 2 aromatic rings. The quantitative estimate of drug-likeness (QED) is 0.836. The summed E-state index contributed by atoms with van der Waals surface area (Å²) in [5, 5.41) is 0. The van der Waals surface area contributed by atoms with E-state index in [2.05, 4.69) is 4.98 Å². The summed E-state index contributed by atoms with van der Waals surface area (Å²) in [5.41, 5.74) is 0.577. The Balaban J connectivity index is 2.29. The van der Waals surface area contributed by atoms with Crippen LogP contribution < -0.4 is 4.74 Å². The summed E-state index contributed by atoms with van der Waals surface area (Å²) in [6.45, 7) is 5.29. The topological polar surface area (TPSA) is 42.4 Å². The molecule has 4 nitrogen and oxygen atoms in total. The smallest absolute Gasteiger partial charge is 0.257 e. The molecule has 0 spiro atoms. The molecule has 0 aliphatic heterocycles. The van der Waals surface area contributed by atoms with Crippen LogP contribution in [0.25, 0.3) is 0 Å². The van der Waals surface area contributed by atoms with Crippen LogP contribution >= 0.6 is 0 Å². The van der Waals surface area contributed by atoms with E-state index in [0.717, 1.165) is 0 Å². The minimum Gasteiger partial charge on any atom is -0.456 e. The second-order valence-corrected chi connectivity index (χ2v) is 4.26. The van der Waals surface area contributed by atoms with Gasteiger partial charge in [-0.1, -0.05) is 12.1 Å². The van der Waals surface area contributed by atoms with Crippen molar-refractivity contribution in [3.8, 4) is 11.5 Å². The Labute approximate surface area is 119 Å². The van der Waals surface area contributed by atoms with Crippen LogP contribution in [0.2, 0.25) is 0 Å². The number of rotatable bonds is 5. The van der Waals surface area contributed by atoms with Crippen LogP contribution in [0.5, 0.6) is 11.5 Å². The summed E-state index contributed by atoms with van der Waals surface area (Å²) >= 11 is 0. The minimum atomic E-state index is -0.0142. The monoisotopic (exact) mass is 270 g/mol. The second kappa shape index (κ2) is 6.70. The molecule has 0 radical (unpaired) electrons. The first-order chi connectivity index (χ1) is 9.76. The molecule has 0 aliphatic rings. The summed E-state index contributed by atoms with van der Waals surface area (Å²) in [6.07, 6.45) is 3.31. The number of amides is 1. The Morgan fingerprint density at radius 2 is 1.75 bits per heavy atom. The number of para-hydroxylation sites is 1. The van der Waals surface area contributed by atoms with Gasteiger partial charge < -0.3 is 9.64 Å². The summed E-state index contributed by atoms with van der Waals surface area (Å²) in [6, 6.07) is 10.8. The minimum absolute atomic E-state index is 0.0142. The molecule has 0 saturated carbocycles.